The highest BCUT2D eigenvalue weighted by Gasteiger charge is 2.25. The Hall–Kier alpha value is -3.46. The maximum atomic E-state index is 14.1. The number of aromatic nitrogens is 3. The summed E-state index contributed by atoms with van der Waals surface area (Å²) in [4.78, 5) is 13.6. The van der Waals surface area contributed by atoms with E-state index >= 15 is 0 Å². The molecule has 0 saturated carbocycles. The fourth-order valence-electron chi connectivity index (χ4n) is 4.43. The Kier molecular flexibility index (Phi) is 5.28. The Bertz CT molecular complexity index is 1440. The van der Waals surface area contributed by atoms with E-state index in [2.05, 4.69) is 5.10 Å². The van der Waals surface area contributed by atoms with Gasteiger partial charge in [-0.05, 0) is 43.2 Å². The first-order valence-electron chi connectivity index (χ1n) is 10.8. The van der Waals surface area contributed by atoms with Crippen LogP contribution >= 0.6 is 0 Å². The Balaban J connectivity index is 1.55. The molecule has 4 aromatic rings. The quantitative estimate of drug-likeness (QED) is 0.454. The summed E-state index contributed by atoms with van der Waals surface area (Å²) >= 11 is 0. The van der Waals surface area contributed by atoms with Gasteiger partial charge in [0.05, 0.1) is 22.7 Å². The standard InChI is InChI=1S/C24H23FN4O3S/c1-17(30)27-11-9-20(10-12-27)28-15-18(14-26-28)23-16-29(24-13-19(25)7-8-22(23)24)33(31,32)21-5-3-2-4-6-21/h2-8,13-16,20H,9-12H2,1H3. The van der Waals surface area contributed by atoms with Crippen molar-refractivity contribution in [3.8, 4) is 11.1 Å². The minimum Gasteiger partial charge on any atom is -0.343 e. The first kappa shape index (κ1) is 21.4. The summed E-state index contributed by atoms with van der Waals surface area (Å²) in [5, 5.41) is 5.15. The maximum absolute atomic E-state index is 14.1. The van der Waals surface area contributed by atoms with Gasteiger partial charge in [-0.2, -0.15) is 5.10 Å². The van der Waals surface area contributed by atoms with Gasteiger partial charge in [0.1, 0.15) is 5.82 Å². The molecule has 2 aromatic heterocycles. The maximum Gasteiger partial charge on any atom is 0.268 e. The van der Waals surface area contributed by atoms with E-state index in [1.807, 2.05) is 15.8 Å². The molecule has 1 fully saturated rings. The van der Waals surface area contributed by atoms with E-state index in [9.17, 15) is 17.6 Å². The van der Waals surface area contributed by atoms with Gasteiger partial charge in [-0.25, -0.2) is 16.8 Å². The number of rotatable bonds is 4. The van der Waals surface area contributed by atoms with Crippen molar-refractivity contribution in [3.05, 3.63) is 72.9 Å². The van der Waals surface area contributed by atoms with Gasteiger partial charge in [-0.15, -0.1) is 0 Å². The van der Waals surface area contributed by atoms with Gasteiger partial charge >= 0.3 is 0 Å². The highest BCUT2D eigenvalue weighted by Crippen LogP contribution is 2.34. The van der Waals surface area contributed by atoms with E-state index in [-0.39, 0.29) is 22.4 Å². The second-order valence-corrected chi connectivity index (χ2v) is 10.1. The van der Waals surface area contributed by atoms with Crippen LogP contribution in [0.4, 0.5) is 4.39 Å². The first-order valence-corrected chi connectivity index (χ1v) is 12.2. The fraction of sp³-hybridized carbons (Fsp3) is 0.250. The number of amides is 1. The second-order valence-electron chi connectivity index (χ2n) is 8.26. The summed E-state index contributed by atoms with van der Waals surface area (Å²) in [5.41, 5.74) is 1.69. The molecule has 1 amide bonds. The van der Waals surface area contributed by atoms with Crippen molar-refractivity contribution in [2.24, 2.45) is 0 Å². The summed E-state index contributed by atoms with van der Waals surface area (Å²) in [5.74, 6) is -0.432. The van der Waals surface area contributed by atoms with Crippen LogP contribution in [0, 0.1) is 5.82 Å². The zero-order valence-electron chi connectivity index (χ0n) is 18.1. The van der Waals surface area contributed by atoms with Crippen LogP contribution in [0.25, 0.3) is 22.0 Å². The Labute approximate surface area is 191 Å². The second kappa shape index (κ2) is 8.15. The zero-order chi connectivity index (χ0) is 23.2. The topological polar surface area (TPSA) is 77.2 Å². The summed E-state index contributed by atoms with van der Waals surface area (Å²) < 4.78 is 43.8. The van der Waals surface area contributed by atoms with Crippen molar-refractivity contribution in [1.29, 1.82) is 0 Å². The molecule has 1 aliphatic heterocycles. The van der Waals surface area contributed by atoms with Crippen LogP contribution in [-0.4, -0.2) is 46.1 Å². The molecule has 0 aliphatic carbocycles. The number of carbonyl (C=O) groups is 1. The summed E-state index contributed by atoms with van der Waals surface area (Å²) in [6.07, 6.45) is 6.74. The lowest BCUT2D eigenvalue weighted by Crippen LogP contribution is -2.37. The van der Waals surface area contributed by atoms with Crippen molar-refractivity contribution in [3.63, 3.8) is 0 Å². The van der Waals surface area contributed by atoms with Gasteiger partial charge in [0.25, 0.3) is 10.0 Å². The molecular weight excluding hydrogens is 443 g/mol. The van der Waals surface area contributed by atoms with E-state index in [0.717, 1.165) is 22.4 Å². The smallest absolute Gasteiger partial charge is 0.268 e. The molecule has 0 N–H and O–H groups in total. The van der Waals surface area contributed by atoms with E-state index < -0.39 is 15.8 Å². The summed E-state index contributed by atoms with van der Waals surface area (Å²) in [6, 6.07) is 12.4. The van der Waals surface area contributed by atoms with Crippen LogP contribution in [0.3, 0.4) is 0 Å². The molecule has 9 heteroatoms. The Morgan fingerprint density at radius 2 is 1.79 bits per heavy atom. The summed E-state index contributed by atoms with van der Waals surface area (Å²) in [6.45, 7) is 2.95. The molecule has 0 radical (unpaired) electrons. The number of hydrogen-bond acceptors (Lipinski definition) is 4. The SMILES string of the molecule is CC(=O)N1CCC(n2cc(-c3cn(S(=O)(=O)c4ccccc4)c4cc(F)ccc34)cn2)CC1. The molecule has 3 heterocycles. The van der Waals surface area contributed by atoms with Crippen LogP contribution in [0.5, 0.6) is 0 Å². The number of piperidine rings is 1. The van der Waals surface area contributed by atoms with Crippen molar-refractivity contribution < 1.29 is 17.6 Å². The normalized spacial score (nSPS) is 15.3. The average Bonchev–Trinajstić information content (AvgIpc) is 3.45. The number of halogens is 1. The number of nitrogens with zero attached hydrogens (tertiary/aromatic N) is 4. The van der Waals surface area contributed by atoms with Crippen LogP contribution in [0.1, 0.15) is 25.8 Å². The lowest BCUT2D eigenvalue weighted by atomic mass is 10.0. The molecule has 1 aliphatic rings. The van der Waals surface area contributed by atoms with Crippen molar-refractivity contribution in [2.45, 2.75) is 30.7 Å². The van der Waals surface area contributed by atoms with Gasteiger partial charge < -0.3 is 4.90 Å². The molecule has 2 aromatic carbocycles. The zero-order valence-corrected chi connectivity index (χ0v) is 18.9. The van der Waals surface area contributed by atoms with Gasteiger partial charge in [-0.3, -0.25) is 9.48 Å². The minimum atomic E-state index is -3.91. The van der Waals surface area contributed by atoms with Gasteiger partial charge in [0, 0.05) is 48.9 Å². The first-order chi connectivity index (χ1) is 15.8. The van der Waals surface area contributed by atoms with Gasteiger partial charge in [0.15, 0.2) is 0 Å². The molecule has 1 saturated heterocycles. The molecule has 7 nitrogen and oxygen atoms in total. The number of likely N-dealkylation sites (tertiary alicyclic amines) is 1. The predicted molar refractivity (Wildman–Crippen MR) is 123 cm³/mol. The largest absolute Gasteiger partial charge is 0.343 e. The highest BCUT2D eigenvalue weighted by atomic mass is 32.2. The number of fused-ring (bicyclic) bond motifs is 1. The van der Waals surface area contributed by atoms with E-state index in [1.54, 1.807) is 37.4 Å². The van der Waals surface area contributed by atoms with E-state index in [4.69, 9.17) is 0 Å². The molecule has 0 atom stereocenters. The Morgan fingerprint density at radius 1 is 1.06 bits per heavy atom. The minimum absolute atomic E-state index is 0.0780. The highest BCUT2D eigenvalue weighted by molar-refractivity contribution is 7.90. The molecule has 0 unspecified atom stereocenters. The third-order valence-corrected chi connectivity index (χ3v) is 7.92. The van der Waals surface area contributed by atoms with Crippen molar-refractivity contribution >= 4 is 26.8 Å². The van der Waals surface area contributed by atoms with E-state index in [1.165, 1.54) is 30.5 Å². The fourth-order valence-corrected chi connectivity index (χ4v) is 5.81. The van der Waals surface area contributed by atoms with Crippen LogP contribution in [0.2, 0.25) is 0 Å². The summed E-state index contributed by atoms with van der Waals surface area (Å²) in [7, 11) is -3.91. The number of carbonyl (C=O) groups excluding carboxylic acids is 1. The van der Waals surface area contributed by atoms with Gasteiger partial charge in [0.2, 0.25) is 5.91 Å². The lowest BCUT2D eigenvalue weighted by molar-refractivity contribution is -0.130. The molecule has 33 heavy (non-hydrogen) atoms. The predicted octanol–water partition coefficient (Wildman–Crippen LogP) is 4.06. The molecule has 0 bridgehead atoms. The molecule has 0 spiro atoms. The van der Waals surface area contributed by atoms with Crippen molar-refractivity contribution in [2.75, 3.05) is 13.1 Å². The monoisotopic (exact) mass is 466 g/mol. The van der Waals surface area contributed by atoms with Gasteiger partial charge in [-0.1, -0.05) is 18.2 Å². The molecular formula is C24H23FN4O3S. The van der Waals surface area contributed by atoms with Crippen molar-refractivity contribution in [1.82, 2.24) is 18.7 Å². The van der Waals surface area contributed by atoms with Crippen LogP contribution in [-0.2, 0) is 14.8 Å². The number of benzene rings is 2. The number of hydrogen-bond donors (Lipinski definition) is 0. The third-order valence-electron chi connectivity index (χ3n) is 6.23. The van der Waals surface area contributed by atoms with Crippen LogP contribution in [0.15, 0.2) is 72.0 Å². The molecule has 5 rings (SSSR count). The Morgan fingerprint density at radius 3 is 2.48 bits per heavy atom. The van der Waals surface area contributed by atoms with E-state index in [0.29, 0.717) is 24.0 Å². The third kappa shape index (κ3) is 3.82. The lowest BCUT2D eigenvalue weighted by Gasteiger charge is -2.31. The molecule has 170 valence electrons. The average molecular weight is 467 g/mol. The van der Waals surface area contributed by atoms with Crippen LogP contribution < -0.4 is 0 Å².